The van der Waals surface area contributed by atoms with Gasteiger partial charge in [-0.3, -0.25) is 4.90 Å². The molecule has 2 aromatic carbocycles. The number of carbonyl (C=O) groups is 1. The van der Waals surface area contributed by atoms with E-state index in [1.165, 1.54) is 11.1 Å². The number of carbonyl (C=O) groups excluding carboxylic acids is 1. The molecule has 35 heavy (non-hydrogen) atoms. The summed E-state index contributed by atoms with van der Waals surface area (Å²) in [6, 6.07) is 14.7. The first-order valence-corrected chi connectivity index (χ1v) is 13.0. The lowest BCUT2D eigenvalue weighted by Crippen LogP contribution is -2.53. The molecular formula is C29H38N2O4. The number of ether oxygens (including phenoxy) is 3. The molecule has 3 heterocycles. The van der Waals surface area contributed by atoms with Crippen LogP contribution in [-0.4, -0.2) is 57.1 Å². The topological polar surface area (TPSA) is 60.0 Å². The lowest BCUT2D eigenvalue weighted by molar-refractivity contribution is -0.0353. The van der Waals surface area contributed by atoms with Gasteiger partial charge in [0.1, 0.15) is 18.5 Å². The summed E-state index contributed by atoms with van der Waals surface area (Å²) in [5, 5.41) is 3.26. The molecule has 6 heteroatoms. The first kappa shape index (κ1) is 24.1. The Balaban J connectivity index is 1.31. The van der Waals surface area contributed by atoms with Gasteiger partial charge in [0.05, 0.1) is 12.6 Å². The minimum absolute atomic E-state index is 0.0180. The summed E-state index contributed by atoms with van der Waals surface area (Å²) in [4.78, 5) is 15.4. The van der Waals surface area contributed by atoms with Crippen LogP contribution in [0.25, 0.3) is 11.1 Å². The van der Waals surface area contributed by atoms with Crippen LogP contribution >= 0.6 is 0 Å². The van der Waals surface area contributed by atoms with E-state index in [0.717, 1.165) is 62.2 Å². The Morgan fingerprint density at radius 1 is 1.09 bits per heavy atom. The first-order valence-electron chi connectivity index (χ1n) is 13.0. The van der Waals surface area contributed by atoms with Gasteiger partial charge in [-0.1, -0.05) is 44.2 Å². The van der Waals surface area contributed by atoms with Gasteiger partial charge in [0.25, 0.3) is 0 Å². The van der Waals surface area contributed by atoms with Crippen LogP contribution in [0.4, 0.5) is 4.79 Å². The summed E-state index contributed by atoms with van der Waals surface area (Å²) >= 11 is 0. The second kappa shape index (κ2) is 10.2. The van der Waals surface area contributed by atoms with Crippen molar-refractivity contribution < 1.29 is 19.0 Å². The van der Waals surface area contributed by atoms with Crippen LogP contribution in [0.2, 0.25) is 0 Å². The van der Waals surface area contributed by atoms with E-state index in [1.807, 2.05) is 12.1 Å². The SMILES string of the molecule is COCCOc1cccc(-c2ccc3c(c2)CCC(C)(C)C3NC(=O)O[C@H]2CN3CCC2CC3)c1. The summed E-state index contributed by atoms with van der Waals surface area (Å²) in [5.41, 5.74) is 4.73. The number of aryl methyl sites for hydroxylation is 1. The van der Waals surface area contributed by atoms with Gasteiger partial charge >= 0.3 is 6.09 Å². The van der Waals surface area contributed by atoms with E-state index in [0.29, 0.717) is 19.1 Å². The number of nitrogens with zero attached hydrogens (tertiary/aromatic N) is 1. The molecule has 1 unspecified atom stereocenters. The van der Waals surface area contributed by atoms with E-state index < -0.39 is 0 Å². The molecule has 0 radical (unpaired) electrons. The van der Waals surface area contributed by atoms with Gasteiger partial charge in [0, 0.05) is 13.7 Å². The molecule has 6 rings (SSSR count). The number of piperidine rings is 3. The molecule has 1 N–H and O–H groups in total. The third-order valence-electron chi connectivity index (χ3n) is 8.11. The van der Waals surface area contributed by atoms with Gasteiger partial charge in [-0.25, -0.2) is 4.79 Å². The van der Waals surface area contributed by atoms with Gasteiger partial charge < -0.3 is 19.5 Å². The van der Waals surface area contributed by atoms with Gasteiger partial charge in [-0.15, -0.1) is 0 Å². The second-order valence-corrected chi connectivity index (χ2v) is 10.9. The largest absolute Gasteiger partial charge is 0.491 e. The maximum atomic E-state index is 13.0. The number of hydrogen-bond acceptors (Lipinski definition) is 5. The highest BCUT2D eigenvalue weighted by molar-refractivity contribution is 5.70. The van der Waals surface area contributed by atoms with Crippen molar-refractivity contribution >= 4 is 6.09 Å². The van der Waals surface area contributed by atoms with Gasteiger partial charge in [0.15, 0.2) is 0 Å². The smallest absolute Gasteiger partial charge is 0.407 e. The van der Waals surface area contributed by atoms with Crippen LogP contribution in [-0.2, 0) is 15.9 Å². The fraction of sp³-hybridized carbons (Fsp3) is 0.552. The number of alkyl carbamates (subject to hydrolysis) is 1. The highest BCUT2D eigenvalue weighted by atomic mass is 16.6. The molecule has 0 spiro atoms. The monoisotopic (exact) mass is 478 g/mol. The molecule has 2 bridgehead atoms. The lowest BCUT2D eigenvalue weighted by Gasteiger charge is -2.44. The van der Waals surface area contributed by atoms with Gasteiger partial charge in [-0.2, -0.15) is 0 Å². The maximum absolute atomic E-state index is 13.0. The zero-order chi connectivity index (χ0) is 24.4. The third-order valence-corrected chi connectivity index (χ3v) is 8.11. The summed E-state index contributed by atoms with van der Waals surface area (Å²) in [5.74, 6) is 1.35. The molecule has 6 nitrogen and oxygen atoms in total. The van der Waals surface area contributed by atoms with Crippen molar-refractivity contribution in [1.29, 1.82) is 0 Å². The number of amides is 1. The molecular weight excluding hydrogens is 440 g/mol. The minimum Gasteiger partial charge on any atom is -0.491 e. The van der Waals surface area contributed by atoms with E-state index in [-0.39, 0.29) is 23.7 Å². The van der Waals surface area contributed by atoms with Crippen LogP contribution in [0.3, 0.4) is 0 Å². The zero-order valence-corrected chi connectivity index (χ0v) is 21.2. The highest BCUT2D eigenvalue weighted by Gasteiger charge is 2.40. The van der Waals surface area contributed by atoms with Crippen LogP contribution in [0.5, 0.6) is 5.75 Å². The van der Waals surface area contributed by atoms with E-state index in [2.05, 4.69) is 54.4 Å². The molecule has 3 fully saturated rings. The number of rotatable bonds is 7. The van der Waals surface area contributed by atoms with Gasteiger partial charge in [0.2, 0.25) is 0 Å². The van der Waals surface area contributed by atoms with E-state index >= 15 is 0 Å². The molecule has 3 aliphatic heterocycles. The molecule has 2 aromatic rings. The van der Waals surface area contributed by atoms with Crippen molar-refractivity contribution in [2.45, 2.75) is 51.7 Å². The van der Waals surface area contributed by atoms with Crippen molar-refractivity contribution in [3.63, 3.8) is 0 Å². The Morgan fingerprint density at radius 3 is 2.63 bits per heavy atom. The molecule has 0 aromatic heterocycles. The lowest BCUT2D eigenvalue weighted by atomic mass is 9.70. The molecule has 0 saturated carbocycles. The average Bonchev–Trinajstić information content (AvgIpc) is 2.87. The van der Waals surface area contributed by atoms with E-state index in [1.54, 1.807) is 7.11 Å². The second-order valence-electron chi connectivity index (χ2n) is 10.9. The molecule has 1 aliphatic carbocycles. The molecule has 4 aliphatic rings. The predicted molar refractivity (Wildman–Crippen MR) is 137 cm³/mol. The normalized spacial score (nSPS) is 26.6. The van der Waals surface area contributed by atoms with Crippen LogP contribution in [0.15, 0.2) is 42.5 Å². The summed E-state index contributed by atoms with van der Waals surface area (Å²) in [7, 11) is 1.67. The molecule has 3 saturated heterocycles. The molecule has 2 atom stereocenters. The third kappa shape index (κ3) is 5.34. The quantitative estimate of drug-likeness (QED) is 0.554. The summed E-state index contributed by atoms with van der Waals surface area (Å²) < 4.78 is 16.9. The first-order chi connectivity index (χ1) is 16.9. The van der Waals surface area contributed by atoms with Crippen molar-refractivity contribution in [2.75, 3.05) is 40.0 Å². The number of methoxy groups -OCH3 is 1. The number of fused-ring (bicyclic) bond motifs is 4. The predicted octanol–water partition coefficient (Wildman–Crippen LogP) is 5.21. The fourth-order valence-electron chi connectivity index (χ4n) is 5.92. The maximum Gasteiger partial charge on any atom is 0.407 e. The Kier molecular flexibility index (Phi) is 7.03. The number of nitrogens with one attached hydrogen (secondary N) is 1. The van der Waals surface area contributed by atoms with Crippen LogP contribution in [0.1, 0.15) is 50.3 Å². The fourth-order valence-corrected chi connectivity index (χ4v) is 5.92. The number of hydrogen-bond donors (Lipinski definition) is 1. The van der Waals surface area contributed by atoms with Crippen molar-refractivity contribution in [3.05, 3.63) is 53.6 Å². The minimum atomic E-state index is -0.278. The average molecular weight is 479 g/mol. The molecule has 1 amide bonds. The Labute approximate surface area is 208 Å². The Bertz CT molecular complexity index is 1040. The van der Waals surface area contributed by atoms with Crippen LogP contribution in [0, 0.1) is 11.3 Å². The molecule has 188 valence electrons. The number of benzene rings is 2. The van der Waals surface area contributed by atoms with Gasteiger partial charge in [-0.05, 0) is 84.5 Å². The zero-order valence-electron chi connectivity index (χ0n) is 21.2. The highest BCUT2D eigenvalue weighted by Crippen LogP contribution is 2.44. The van der Waals surface area contributed by atoms with Crippen molar-refractivity contribution in [1.82, 2.24) is 10.2 Å². The summed E-state index contributed by atoms with van der Waals surface area (Å²) in [6.07, 6.45) is 4.01. The Morgan fingerprint density at radius 2 is 1.89 bits per heavy atom. The van der Waals surface area contributed by atoms with E-state index in [4.69, 9.17) is 14.2 Å². The van der Waals surface area contributed by atoms with Crippen molar-refractivity contribution in [3.8, 4) is 16.9 Å². The van der Waals surface area contributed by atoms with Crippen molar-refractivity contribution in [2.24, 2.45) is 11.3 Å². The standard InChI is InChI=1S/C29H38N2O4/c1-29(2)12-9-23-17-22(21-5-4-6-24(18-21)34-16-15-33-3)7-8-25(23)27(29)30-28(32)35-26-19-31-13-10-20(26)11-14-31/h4-8,17-18,20,26-27H,9-16,19H2,1-3H3,(H,30,32)/t26-,27?/m0/s1. The summed E-state index contributed by atoms with van der Waals surface area (Å²) in [6.45, 7) is 8.73. The van der Waals surface area contributed by atoms with Crippen LogP contribution < -0.4 is 10.1 Å². The van der Waals surface area contributed by atoms with E-state index in [9.17, 15) is 4.79 Å². The Hall–Kier alpha value is -2.57.